The van der Waals surface area contributed by atoms with E-state index in [0.29, 0.717) is 25.1 Å². The van der Waals surface area contributed by atoms with E-state index in [2.05, 4.69) is 15.6 Å². The first-order chi connectivity index (χ1) is 18.3. The largest absolute Gasteiger partial charge is 0.344 e. The summed E-state index contributed by atoms with van der Waals surface area (Å²) in [7, 11) is 1.71. The second kappa shape index (κ2) is 12.4. The second-order valence-corrected chi connectivity index (χ2v) is 10.4. The van der Waals surface area contributed by atoms with Crippen LogP contribution in [0.1, 0.15) is 75.8 Å². The van der Waals surface area contributed by atoms with Crippen molar-refractivity contribution < 1.29 is 14.4 Å². The van der Waals surface area contributed by atoms with Crippen molar-refractivity contribution in [3.05, 3.63) is 53.7 Å². The Bertz CT molecular complexity index is 1190. The molecule has 1 aromatic heterocycles. The van der Waals surface area contributed by atoms with Gasteiger partial charge in [-0.05, 0) is 74.9 Å². The summed E-state index contributed by atoms with van der Waals surface area (Å²) >= 11 is 0. The predicted octanol–water partition coefficient (Wildman–Crippen LogP) is 4.45. The summed E-state index contributed by atoms with van der Waals surface area (Å²) in [5.74, 6) is -0.518. The first kappa shape index (κ1) is 27.6. The van der Waals surface area contributed by atoms with Crippen LogP contribution in [0.2, 0.25) is 0 Å². The van der Waals surface area contributed by atoms with Crippen molar-refractivity contribution in [3.63, 3.8) is 0 Å². The summed E-state index contributed by atoms with van der Waals surface area (Å²) in [6, 6.07) is 10.3. The highest BCUT2D eigenvalue weighted by Crippen LogP contribution is 2.35. The zero-order valence-corrected chi connectivity index (χ0v) is 22.6. The van der Waals surface area contributed by atoms with E-state index in [1.807, 2.05) is 43.3 Å². The number of aryl methyl sites for hydroxylation is 1. The second-order valence-electron chi connectivity index (χ2n) is 10.4. The minimum atomic E-state index is -0.711. The lowest BCUT2D eigenvalue weighted by molar-refractivity contribution is -0.127. The lowest BCUT2D eigenvalue weighted by atomic mass is 9.78. The molecule has 8 nitrogen and oxygen atoms in total. The molecular weight excluding hydrogens is 478 g/mol. The van der Waals surface area contributed by atoms with E-state index in [-0.39, 0.29) is 29.2 Å². The maximum absolute atomic E-state index is 13.8. The maximum atomic E-state index is 13.8. The van der Waals surface area contributed by atoms with Gasteiger partial charge in [-0.25, -0.2) is 4.98 Å². The van der Waals surface area contributed by atoms with Crippen LogP contribution in [-0.4, -0.2) is 47.4 Å². The number of hydrogen-bond donors (Lipinski definition) is 3. The van der Waals surface area contributed by atoms with Crippen LogP contribution in [0.3, 0.4) is 0 Å². The standard InChI is InChI=1S/C30H39N5O3/c1-4-23(27(31)29(37)28(21-11-6-5-7-12-21)34-30(38)19(2)32-3)22-16-17-33-25(18-22)35-24-13-9-8-10-20(24)14-15-26(35)36/h8-10,13,16-19,21,23,28,31-32H,4-7,11-12,14-15H2,1-3H3,(H,34,38)/t19-,23-,28-/m0/s1. The molecule has 0 radical (unpaired) electrons. The first-order valence-electron chi connectivity index (χ1n) is 13.8. The predicted molar refractivity (Wildman–Crippen MR) is 149 cm³/mol. The third kappa shape index (κ3) is 5.85. The Labute approximate surface area is 225 Å². The zero-order chi connectivity index (χ0) is 27.2. The summed E-state index contributed by atoms with van der Waals surface area (Å²) < 4.78 is 0. The maximum Gasteiger partial charge on any atom is 0.237 e. The number of Topliss-reactive ketones (excluding diaryl/α,β-unsaturated/α-hetero) is 1. The number of nitrogens with zero attached hydrogens (tertiary/aromatic N) is 2. The number of likely N-dealkylation sites (N-methyl/N-ethyl adjacent to an activating group) is 1. The van der Waals surface area contributed by atoms with Gasteiger partial charge in [-0.1, -0.05) is 44.4 Å². The van der Waals surface area contributed by atoms with Gasteiger partial charge in [-0.3, -0.25) is 19.3 Å². The Morgan fingerprint density at radius 2 is 1.87 bits per heavy atom. The molecule has 2 amide bonds. The molecule has 0 saturated heterocycles. The minimum Gasteiger partial charge on any atom is -0.344 e. The fourth-order valence-corrected chi connectivity index (χ4v) is 5.67. The number of fused-ring (bicyclic) bond motifs is 1. The molecule has 202 valence electrons. The van der Waals surface area contributed by atoms with Gasteiger partial charge >= 0.3 is 0 Å². The number of ketones is 1. The molecule has 4 rings (SSSR count). The summed E-state index contributed by atoms with van der Waals surface area (Å²) in [4.78, 5) is 45.7. The number of anilines is 2. The molecule has 3 N–H and O–H groups in total. The van der Waals surface area contributed by atoms with Crippen LogP contribution in [0.4, 0.5) is 11.5 Å². The third-order valence-electron chi connectivity index (χ3n) is 8.04. The molecule has 0 unspecified atom stereocenters. The fraction of sp³-hybridized carbons (Fsp3) is 0.500. The van der Waals surface area contributed by atoms with Crippen LogP contribution in [0.5, 0.6) is 0 Å². The molecule has 1 aromatic carbocycles. The fourth-order valence-electron chi connectivity index (χ4n) is 5.67. The Hall–Kier alpha value is -3.39. The van der Waals surface area contributed by atoms with Gasteiger partial charge in [0.25, 0.3) is 0 Å². The lowest BCUT2D eigenvalue weighted by Crippen LogP contribution is -2.53. The first-order valence-corrected chi connectivity index (χ1v) is 13.8. The molecular formula is C30H39N5O3. The van der Waals surface area contributed by atoms with Crippen molar-refractivity contribution in [1.29, 1.82) is 5.41 Å². The van der Waals surface area contributed by atoms with Crippen molar-refractivity contribution in [2.45, 2.75) is 83.2 Å². The van der Waals surface area contributed by atoms with Crippen molar-refractivity contribution >= 4 is 34.8 Å². The molecule has 1 fully saturated rings. The molecule has 1 aliphatic carbocycles. The SMILES string of the molecule is CC[C@H](C(=N)C(=O)[C@@H](NC(=O)[C@H](C)NC)C1CCCCC1)c1ccnc(N2C(=O)CCc3ccccc32)c1. The molecule has 2 aliphatic rings. The van der Waals surface area contributed by atoms with Crippen LogP contribution >= 0.6 is 0 Å². The van der Waals surface area contributed by atoms with Crippen LogP contribution in [0.25, 0.3) is 0 Å². The van der Waals surface area contributed by atoms with Crippen LogP contribution < -0.4 is 15.5 Å². The Kier molecular flexibility index (Phi) is 9.05. The van der Waals surface area contributed by atoms with Gasteiger partial charge in [-0.2, -0.15) is 0 Å². The van der Waals surface area contributed by atoms with Gasteiger partial charge in [0.05, 0.1) is 23.5 Å². The van der Waals surface area contributed by atoms with Gasteiger partial charge in [0.15, 0.2) is 5.78 Å². The molecule has 1 saturated carbocycles. The van der Waals surface area contributed by atoms with Gasteiger partial charge < -0.3 is 16.0 Å². The number of amides is 2. The van der Waals surface area contributed by atoms with Crippen molar-refractivity contribution in [3.8, 4) is 0 Å². The van der Waals surface area contributed by atoms with Crippen LogP contribution in [-0.2, 0) is 20.8 Å². The van der Waals surface area contributed by atoms with E-state index in [1.54, 1.807) is 25.1 Å². The quantitative estimate of drug-likeness (QED) is 0.403. The Balaban J connectivity index is 1.61. The molecule has 38 heavy (non-hydrogen) atoms. The molecule has 0 spiro atoms. The van der Waals surface area contributed by atoms with E-state index < -0.39 is 18.0 Å². The van der Waals surface area contributed by atoms with Crippen LogP contribution in [0.15, 0.2) is 42.6 Å². The highest BCUT2D eigenvalue weighted by molar-refractivity contribution is 6.42. The summed E-state index contributed by atoms with van der Waals surface area (Å²) in [6.07, 6.45) is 8.19. The molecule has 8 heteroatoms. The normalized spacial score (nSPS) is 18.3. The lowest BCUT2D eigenvalue weighted by Gasteiger charge is -2.32. The van der Waals surface area contributed by atoms with E-state index in [4.69, 9.17) is 5.41 Å². The highest BCUT2D eigenvalue weighted by atomic mass is 16.2. The number of pyridine rings is 1. The average molecular weight is 518 g/mol. The zero-order valence-electron chi connectivity index (χ0n) is 22.6. The minimum absolute atomic E-state index is 0.0111. The number of para-hydroxylation sites is 1. The number of benzene rings is 1. The molecule has 0 bridgehead atoms. The number of hydrogen-bond acceptors (Lipinski definition) is 6. The number of rotatable bonds is 10. The van der Waals surface area contributed by atoms with Crippen molar-refractivity contribution in [1.82, 2.24) is 15.6 Å². The van der Waals surface area contributed by atoms with E-state index in [9.17, 15) is 14.4 Å². The smallest absolute Gasteiger partial charge is 0.237 e. The van der Waals surface area contributed by atoms with Crippen molar-refractivity contribution in [2.75, 3.05) is 11.9 Å². The number of nitrogens with one attached hydrogen (secondary N) is 3. The molecule has 3 atom stereocenters. The molecule has 2 heterocycles. The monoisotopic (exact) mass is 517 g/mol. The Morgan fingerprint density at radius 1 is 1.13 bits per heavy atom. The van der Waals surface area contributed by atoms with Crippen molar-refractivity contribution in [2.24, 2.45) is 5.92 Å². The number of aromatic nitrogens is 1. The number of carbonyl (C=O) groups excluding carboxylic acids is 3. The topological polar surface area (TPSA) is 115 Å². The van der Waals surface area contributed by atoms with Gasteiger partial charge in [0, 0.05) is 18.5 Å². The molecule has 2 aromatic rings. The number of carbonyl (C=O) groups is 3. The van der Waals surface area contributed by atoms with Gasteiger partial charge in [0.2, 0.25) is 11.8 Å². The van der Waals surface area contributed by atoms with Gasteiger partial charge in [0.1, 0.15) is 5.82 Å². The summed E-state index contributed by atoms with van der Waals surface area (Å²) in [5, 5.41) is 14.9. The van der Waals surface area contributed by atoms with Crippen LogP contribution in [0, 0.1) is 11.3 Å². The highest BCUT2D eigenvalue weighted by Gasteiger charge is 2.36. The Morgan fingerprint density at radius 3 is 2.58 bits per heavy atom. The molecule has 1 aliphatic heterocycles. The van der Waals surface area contributed by atoms with E-state index in [0.717, 1.165) is 48.9 Å². The third-order valence-corrected chi connectivity index (χ3v) is 8.04. The average Bonchev–Trinajstić information content (AvgIpc) is 2.95. The summed E-state index contributed by atoms with van der Waals surface area (Å²) in [5.41, 5.74) is 2.68. The van der Waals surface area contributed by atoms with E-state index >= 15 is 0 Å². The van der Waals surface area contributed by atoms with E-state index in [1.165, 1.54) is 0 Å². The summed E-state index contributed by atoms with van der Waals surface area (Å²) in [6.45, 7) is 3.71. The van der Waals surface area contributed by atoms with Gasteiger partial charge in [-0.15, -0.1) is 0 Å².